The monoisotopic (exact) mass is 445 g/mol. The Hall–Kier alpha value is -4.46. The highest BCUT2D eigenvalue weighted by Gasteiger charge is 2.15. The van der Waals surface area contributed by atoms with Gasteiger partial charge in [0.1, 0.15) is 5.71 Å². The van der Waals surface area contributed by atoms with E-state index in [0.29, 0.717) is 23.5 Å². The average molecular weight is 446 g/mol. The number of urea groups is 1. The van der Waals surface area contributed by atoms with Gasteiger partial charge in [-0.1, -0.05) is 30.3 Å². The quantitative estimate of drug-likeness (QED) is 0.235. The van der Waals surface area contributed by atoms with Gasteiger partial charge in [-0.2, -0.15) is 0 Å². The van der Waals surface area contributed by atoms with Crippen LogP contribution in [0.2, 0.25) is 0 Å². The van der Waals surface area contributed by atoms with Crippen molar-refractivity contribution in [1.82, 2.24) is 10.3 Å². The van der Waals surface area contributed by atoms with Crippen LogP contribution in [0.5, 0.6) is 0 Å². The number of esters is 1. The van der Waals surface area contributed by atoms with Crippen molar-refractivity contribution < 1.29 is 14.3 Å². The SMILES string of the molecule is C=CC.COC(=O)C(=N)c1ccccc1Nc1ccc(NC(=O)NCc2cccnc2)cc1. The zero-order chi connectivity index (χ0) is 24.1. The smallest absolute Gasteiger partial charge is 0.356 e. The molecule has 8 heteroatoms. The van der Waals surface area contributed by atoms with Gasteiger partial charge in [0, 0.05) is 41.6 Å². The van der Waals surface area contributed by atoms with Crippen LogP contribution in [0.25, 0.3) is 0 Å². The van der Waals surface area contributed by atoms with E-state index in [9.17, 15) is 9.59 Å². The number of carbonyl (C=O) groups is 2. The van der Waals surface area contributed by atoms with Crippen LogP contribution in [0.1, 0.15) is 18.1 Å². The summed E-state index contributed by atoms with van der Waals surface area (Å²) in [5.41, 5.74) is 3.07. The molecule has 0 bridgehead atoms. The number of rotatable bonds is 7. The highest BCUT2D eigenvalue weighted by atomic mass is 16.5. The van der Waals surface area contributed by atoms with E-state index >= 15 is 0 Å². The van der Waals surface area contributed by atoms with E-state index in [2.05, 4.69) is 32.3 Å². The first-order valence-electron chi connectivity index (χ1n) is 10.1. The highest BCUT2D eigenvalue weighted by molar-refractivity contribution is 6.43. The first kappa shape index (κ1) is 24.8. The van der Waals surface area contributed by atoms with Gasteiger partial charge in [-0.25, -0.2) is 9.59 Å². The molecule has 2 amide bonds. The molecular formula is C25H27N5O3. The van der Waals surface area contributed by atoms with E-state index in [0.717, 1.165) is 11.3 Å². The zero-order valence-corrected chi connectivity index (χ0v) is 18.6. The van der Waals surface area contributed by atoms with Crippen molar-refractivity contribution in [3.63, 3.8) is 0 Å². The lowest BCUT2D eigenvalue weighted by Gasteiger charge is -2.13. The molecule has 2 aromatic carbocycles. The Morgan fingerprint density at radius 1 is 1.06 bits per heavy atom. The molecule has 0 atom stereocenters. The van der Waals surface area contributed by atoms with Gasteiger partial charge in [-0.3, -0.25) is 10.4 Å². The molecule has 4 N–H and O–H groups in total. The molecule has 0 unspecified atom stereocenters. The van der Waals surface area contributed by atoms with Crippen LogP contribution in [-0.4, -0.2) is 29.8 Å². The third-order valence-electron chi connectivity index (χ3n) is 4.18. The molecule has 0 aliphatic heterocycles. The number of carbonyl (C=O) groups excluding carboxylic acids is 2. The number of hydrogen-bond acceptors (Lipinski definition) is 6. The first-order chi connectivity index (χ1) is 16.0. The number of hydrogen-bond donors (Lipinski definition) is 4. The van der Waals surface area contributed by atoms with Gasteiger partial charge in [-0.15, -0.1) is 6.58 Å². The Labute approximate surface area is 193 Å². The molecule has 0 radical (unpaired) electrons. The number of amides is 2. The number of methoxy groups -OCH3 is 1. The van der Waals surface area contributed by atoms with E-state index in [1.807, 2.05) is 19.1 Å². The van der Waals surface area contributed by atoms with E-state index in [1.54, 1.807) is 67.0 Å². The second-order valence-corrected chi connectivity index (χ2v) is 6.69. The topological polar surface area (TPSA) is 116 Å². The Morgan fingerprint density at radius 2 is 1.73 bits per heavy atom. The minimum absolute atomic E-state index is 0.232. The zero-order valence-electron chi connectivity index (χ0n) is 18.6. The van der Waals surface area contributed by atoms with Gasteiger partial charge in [0.2, 0.25) is 0 Å². The molecule has 0 aliphatic carbocycles. The average Bonchev–Trinajstić information content (AvgIpc) is 2.84. The Morgan fingerprint density at radius 3 is 2.36 bits per heavy atom. The second-order valence-electron chi connectivity index (χ2n) is 6.69. The van der Waals surface area contributed by atoms with E-state index in [1.165, 1.54) is 7.11 Å². The molecule has 170 valence electrons. The number of aromatic nitrogens is 1. The predicted octanol–water partition coefficient (Wildman–Crippen LogP) is 4.88. The number of para-hydroxylation sites is 1. The van der Waals surface area contributed by atoms with Crippen LogP contribution in [0.3, 0.4) is 0 Å². The summed E-state index contributed by atoms with van der Waals surface area (Å²) < 4.78 is 4.63. The maximum absolute atomic E-state index is 12.0. The molecule has 0 aliphatic rings. The maximum atomic E-state index is 12.0. The van der Waals surface area contributed by atoms with Crippen molar-refractivity contribution in [1.29, 1.82) is 5.41 Å². The van der Waals surface area contributed by atoms with Crippen molar-refractivity contribution >= 4 is 34.8 Å². The van der Waals surface area contributed by atoms with Crippen molar-refractivity contribution in [2.75, 3.05) is 17.7 Å². The molecule has 1 heterocycles. The summed E-state index contributed by atoms with van der Waals surface area (Å²) in [4.78, 5) is 27.7. The normalized spacial score (nSPS) is 9.52. The minimum Gasteiger partial charge on any atom is -0.464 e. The van der Waals surface area contributed by atoms with Crippen LogP contribution in [0, 0.1) is 5.41 Å². The van der Waals surface area contributed by atoms with Crippen LogP contribution in [0.4, 0.5) is 21.9 Å². The van der Waals surface area contributed by atoms with E-state index in [-0.39, 0.29) is 11.7 Å². The van der Waals surface area contributed by atoms with Crippen LogP contribution in [-0.2, 0) is 16.1 Å². The predicted molar refractivity (Wildman–Crippen MR) is 131 cm³/mol. The summed E-state index contributed by atoms with van der Waals surface area (Å²) in [5.74, 6) is -0.707. The number of anilines is 3. The molecular weight excluding hydrogens is 418 g/mol. The molecule has 0 saturated heterocycles. The number of nitrogens with one attached hydrogen (secondary N) is 4. The summed E-state index contributed by atoms with van der Waals surface area (Å²) in [5, 5.41) is 16.7. The Balaban J connectivity index is 0.00000122. The van der Waals surface area contributed by atoms with Crippen molar-refractivity contribution in [3.8, 4) is 0 Å². The molecule has 0 spiro atoms. The fraction of sp³-hybridized carbons (Fsp3) is 0.120. The summed E-state index contributed by atoms with van der Waals surface area (Å²) in [6.45, 7) is 5.63. The maximum Gasteiger partial charge on any atom is 0.356 e. The summed E-state index contributed by atoms with van der Waals surface area (Å²) in [7, 11) is 1.24. The van der Waals surface area contributed by atoms with Gasteiger partial charge in [0.05, 0.1) is 7.11 Å². The van der Waals surface area contributed by atoms with Gasteiger partial charge in [0.25, 0.3) is 0 Å². The molecule has 3 rings (SSSR count). The van der Waals surface area contributed by atoms with Crippen molar-refractivity contribution in [2.24, 2.45) is 0 Å². The highest BCUT2D eigenvalue weighted by Crippen LogP contribution is 2.23. The lowest BCUT2D eigenvalue weighted by atomic mass is 10.1. The molecule has 33 heavy (non-hydrogen) atoms. The van der Waals surface area contributed by atoms with Gasteiger partial charge >= 0.3 is 12.0 Å². The first-order valence-corrected chi connectivity index (χ1v) is 10.1. The van der Waals surface area contributed by atoms with Crippen molar-refractivity contribution in [2.45, 2.75) is 13.5 Å². The summed E-state index contributed by atoms with van der Waals surface area (Å²) >= 11 is 0. The van der Waals surface area contributed by atoms with Gasteiger partial charge in [0.15, 0.2) is 0 Å². The standard InChI is InChI=1S/C22H21N5O3.C3H6/c1-30-21(28)20(23)18-6-2-3-7-19(18)26-16-8-10-17(11-9-16)27-22(29)25-14-15-5-4-12-24-13-15;1-3-2/h2-13,23,26H,14H2,1H3,(H2,25,27,29);3H,1H2,2H3. The summed E-state index contributed by atoms with van der Waals surface area (Å²) in [6.07, 6.45) is 5.12. The van der Waals surface area contributed by atoms with Gasteiger partial charge in [-0.05, 0) is 48.9 Å². The summed E-state index contributed by atoms with van der Waals surface area (Å²) in [6, 6.07) is 17.4. The lowest BCUT2D eigenvalue weighted by Crippen LogP contribution is -2.28. The molecule has 1 aromatic heterocycles. The number of allylic oxidation sites excluding steroid dienone is 1. The Kier molecular flexibility index (Phi) is 9.82. The fourth-order valence-corrected chi connectivity index (χ4v) is 2.67. The van der Waals surface area contributed by atoms with Crippen LogP contribution >= 0.6 is 0 Å². The van der Waals surface area contributed by atoms with Crippen LogP contribution in [0.15, 0.2) is 85.7 Å². The Bertz CT molecular complexity index is 1080. The third-order valence-corrected chi connectivity index (χ3v) is 4.18. The largest absolute Gasteiger partial charge is 0.464 e. The number of benzene rings is 2. The molecule has 0 fully saturated rings. The lowest BCUT2D eigenvalue weighted by molar-refractivity contribution is -0.132. The molecule has 3 aromatic rings. The molecule has 8 nitrogen and oxygen atoms in total. The number of ether oxygens (including phenoxy) is 1. The third kappa shape index (κ3) is 7.95. The second kappa shape index (κ2) is 13.1. The van der Waals surface area contributed by atoms with Gasteiger partial charge < -0.3 is 20.7 Å². The van der Waals surface area contributed by atoms with E-state index < -0.39 is 5.97 Å². The fourth-order valence-electron chi connectivity index (χ4n) is 2.67. The van der Waals surface area contributed by atoms with Crippen molar-refractivity contribution in [3.05, 3.63) is 96.8 Å². The number of nitrogens with zero attached hydrogens (tertiary/aromatic N) is 1. The van der Waals surface area contributed by atoms with Crippen LogP contribution < -0.4 is 16.0 Å². The number of pyridine rings is 1. The van der Waals surface area contributed by atoms with E-state index in [4.69, 9.17) is 5.41 Å². The minimum atomic E-state index is -0.707. The molecule has 0 saturated carbocycles.